The first kappa shape index (κ1) is 18.2. The summed E-state index contributed by atoms with van der Waals surface area (Å²) in [7, 11) is -3.14. The van der Waals surface area contributed by atoms with Gasteiger partial charge in [0.1, 0.15) is 15.9 Å². The Morgan fingerprint density at radius 2 is 1.27 bits per heavy atom. The Labute approximate surface area is 153 Å². The Balaban J connectivity index is 2.54. The molecule has 0 atom stereocenters. The third-order valence-electron chi connectivity index (χ3n) is 4.45. The molecule has 0 aliphatic heterocycles. The first-order valence-electron chi connectivity index (χ1n) is 8.13. The molecule has 0 unspecified atom stereocenters. The summed E-state index contributed by atoms with van der Waals surface area (Å²) < 4.78 is 41.6. The molecule has 0 aliphatic carbocycles. The zero-order chi connectivity index (χ0) is 18.9. The number of hydrogen-bond donors (Lipinski definition) is 0. The van der Waals surface area contributed by atoms with Gasteiger partial charge in [-0.25, -0.2) is 8.42 Å². The molecule has 134 valence electrons. The van der Waals surface area contributed by atoms with Crippen LogP contribution in [0.2, 0.25) is 0 Å². The van der Waals surface area contributed by atoms with Crippen LogP contribution >= 0.6 is 0 Å². The third-order valence-corrected chi connectivity index (χ3v) is 5.33. The minimum Gasteiger partial charge on any atom is -0.744 e. The van der Waals surface area contributed by atoms with E-state index in [1.165, 1.54) is 19.2 Å². The molecule has 0 aliphatic rings. The number of ether oxygens (including phenoxy) is 1. The lowest BCUT2D eigenvalue weighted by Crippen LogP contribution is -2.05. The van der Waals surface area contributed by atoms with Crippen LogP contribution in [0.15, 0.2) is 65.6 Å². The molecule has 4 nitrogen and oxygen atoms in total. The fraction of sp³-hybridized carbons (Fsp3) is 0.143. The van der Waals surface area contributed by atoms with E-state index in [-0.39, 0.29) is 4.90 Å². The number of aryl methyl sites for hydroxylation is 2. The first-order valence-corrected chi connectivity index (χ1v) is 9.54. The van der Waals surface area contributed by atoms with E-state index in [4.69, 9.17) is 4.74 Å². The zero-order valence-corrected chi connectivity index (χ0v) is 15.6. The van der Waals surface area contributed by atoms with Gasteiger partial charge in [0.25, 0.3) is 0 Å². The summed E-state index contributed by atoms with van der Waals surface area (Å²) in [6.45, 7) is 3.83. The second kappa shape index (κ2) is 6.94. The monoisotopic (exact) mass is 367 g/mol. The van der Waals surface area contributed by atoms with E-state index in [9.17, 15) is 13.0 Å². The molecule has 26 heavy (non-hydrogen) atoms. The summed E-state index contributed by atoms with van der Waals surface area (Å²) >= 11 is 0. The van der Waals surface area contributed by atoms with Crippen molar-refractivity contribution in [1.29, 1.82) is 0 Å². The molecule has 3 rings (SSSR count). The van der Waals surface area contributed by atoms with Crippen LogP contribution in [0, 0.1) is 13.8 Å². The van der Waals surface area contributed by atoms with Gasteiger partial charge in [0, 0.05) is 11.1 Å². The Morgan fingerprint density at radius 3 is 1.73 bits per heavy atom. The van der Waals surface area contributed by atoms with Gasteiger partial charge in [-0.15, -0.1) is 0 Å². The molecule has 0 fully saturated rings. The fourth-order valence-corrected chi connectivity index (χ4v) is 3.88. The molecule has 0 aromatic heterocycles. The Bertz CT molecular complexity index is 1070. The van der Waals surface area contributed by atoms with E-state index in [2.05, 4.69) is 0 Å². The molecular weight excluding hydrogens is 348 g/mol. The maximum atomic E-state index is 12.0. The predicted molar refractivity (Wildman–Crippen MR) is 101 cm³/mol. The lowest BCUT2D eigenvalue weighted by molar-refractivity contribution is 0.416. The smallest absolute Gasteiger partial charge is 0.127 e. The molecule has 5 heteroatoms. The minimum atomic E-state index is -4.67. The van der Waals surface area contributed by atoms with Crippen molar-refractivity contribution < 1.29 is 17.7 Å². The first-order chi connectivity index (χ1) is 12.3. The Kier molecular flexibility index (Phi) is 4.85. The summed E-state index contributed by atoms with van der Waals surface area (Å²) in [5.41, 5.74) is 4.34. The lowest BCUT2D eigenvalue weighted by Gasteiger charge is -2.22. The van der Waals surface area contributed by atoms with Gasteiger partial charge in [-0.1, -0.05) is 48.5 Å². The standard InChI is InChI=1S/C21H20O4S/c1-14-8-4-6-10-16(14)20-18(25-3)12-13-19(26(22,23)24)21(20)17-11-7-5-9-15(17)2/h4-13H,1-3H3,(H,22,23,24)/p-1. The van der Waals surface area contributed by atoms with Crippen molar-refractivity contribution in [3.05, 3.63) is 71.8 Å². The molecule has 0 N–H and O–H groups in total. The van der Waals surface area contributed by atoms with E-state index >= 15 is 0 Å². The molecule has 0 radical (unpaired) electrons. The van der Waals surface area contributed by atoms with E-state index in [1.807, 2.05) is 62.4 Å². The minimum absolute atomic E-state index is 0.245. The Morgan fingerprint density at radius 1 is 0.769 bits per heavy atom. The van der Waals surface area contributed by atoms with Crippen LogP contribution in [-0.4, -0.2) is 20.1 Å². The van der Waals surface area contributed by atoms with Gasteiger partial charge in [-0.05, 0) is 48.2 Å². The molecule has 0 heterocycles. The highest BCUT2D eigenvalue weighted by Crippen LogP contribution is 2.44. The molecule has 3 aromatic rings. The largest absolute Gasteiger partial charge is 0.744 e. The van der Waals surface area contributed by atoms with Crippen molar-refractivity contribution >= 4 is 10.1 Å². The number of benzene rings is 3. The van der Waals surface area contributed by atoms with Gasteiger partial charge >= 0.3 is 0 Å². The Hall–Kier alpha value is -2.63. The van der Waals surface area contributed by atoms with Crippen LogP contribution in [0.5, 0.6) is 5.75 Å². The lowest BCUT2D eigenvalue weighted by atomic mass is 9.89. The normalized spacial score (nSPS) is 11.4. The van der Waals surface area contributed by atoms with Gasteiger partial charge < -0.3 is 9.29 Å². The summed E-state index contributed by atoms with van der Waals surface area (Å²) in [5, 5.41) is 0. The quantitative estimate of drug-likeness (QED) is 0.635. The van der Waals surface area contributed by atoms with Crippen LogP contribution in [-0.2, 0) is 10.1 Å². The molecule has 0 bridgehead atoms. The molecule has 0 saturated carbocycles. The number of rotatable bonds is 4. The van der Waals surface area contributed by atoms with Crippen LogP contribution < -0.4 is 4.74 Å². The maximum Gasteiger partial charge on any atom is 0.127 e. The van der Waals surface area contributed by atoms with E-state index in [0.717, 1.165) is 16.7 Å². The van der Waals surface area contributed by atoms with Crippen LogP contribution in [0.3, 0.4) is 0 Å². The molecule has 0 amide bonds. The van der Waals surface area contributed by atoms with Crippen molar-refractivity contribution in [2.75, 3.05) is 7.11 Å². The summed E-state index contributed by atoms with van der Waals surface area (Å²) in [5.74, 6) is 0.518. The van der Waals surface area contributed by atoms with E-state index in [1.54, 1.807) is 0 Å². The maximum absolute atomic E-state index is 12.0. The molecular formula is C21H19O4S-. The van der Waals surface area contributed by atoms with Gasteiger partial charge in [0.15, 0.2) is 0 Å². The fourth-order valence-electron chi connectivity index (χ4n) is 3.18. The number of methoxy groups -OCH3 is 1. The summed E-state index contributed by atoms with van der Waals surface area (Å²) in [6.07, 6.45) is 0. The van der Waals surface area contributed by atoms with E-state index in [0.29, 0.717) is 22.4 Å². The van der Waals surface area contributed by atoms with E-state index < -0.39 is 10.1 Å². The van der Waals surface area contributed by atoms with Crippen molar-refractivity contribution in [1.82, 2.24) is 0 Å². The van der Waals surface area contributed by atoms with Crippen LogP contribution in [0.1, 0.15) is 11.1 Å². The highest BCUT2D eigenvalue weighted by atomic mass is 32.2. The van der Waals surface area contributed by atoms with Gasteiger partial charge in [0.2, 0.25) is 0 Å². The number of hydrogen-bond acceptors (Lipinski definition) is 4. The van der Waals surface area contributed by atoms with Gasteiger partial charge in [0.05, 0.1) is 12.0 Å². The zero-order valence-electron chi connectivity index (χ0n) is 14.8. The van der Waals surface area contributed by atoms with Crippen molar-refractivity contribution in [3.63, 3.8) is 0 Å². The average molecular weight is 367 g/mol. The highest BCUT2D eigenvalue weighted by molar-refractivity contribution is 7.85. The third kappa shape index (κ3) is 3.23. The van der Waals surface area contributed by atoms with Crippen molar-refractivity contribution in [3.8, 4) is 28.0 Å². The van der Waals surface area contributed by atoms with Crippen LogP contribution in [0.4, 0.5) is 0 Å². The summed E-state index contributed by atoms with van der Waals surface area (Å²) in [6, 6.07) is 17.9. The van der Waals surface area contributed by atoms with Crippen molar-refractivity contribution in [2.24, 2.45) is 0 Å². The highest BCUT2D eigenvalue weighted by Gasteiger charge is 2.22. The average Bonchev–Trinajstić information content (AvgIpc) is 2.61. The molecule has 0 spiro atoms. The van der Waals surface area contributed by atoms with Crippen molar-refractivity contribution in [2.45, 2.75) is 18.7 Å². The van der Waals surface area contributed by atoms with Gasteiger partial charge in [-0.2, -0.15) is 0 Å². The molecule has 0 saturated heterocycles. The summed E-state index contributed by atoms with van der Waals surface area (Å²) in [4.78, 5) is -0.245. The SMILES string of the molecule is COc1ccc(S(=O)(=O)[O-])c(-c2ccccc2C)c1-c1ccccc1C. The topological polar surface area (TPSA) is 66.4 Å². The second-order valence-corrected chi connectivity index (χ2v) is 7.45. The van der Waals surface area contributed by atoms with Gasteiger partial charge in [-0.3, -0.25) is 0 Å². The predicted octanol–water partition coefficient (Wildman–Crippen LogP) is 4.55. The van der Waals surface area contributed by atoms with Crippen LogP contribution in [0.25, 0.3) is 22.3 Å². The second-order valence-electron chi connectivity index (χ2n) is 6.10. The molecule has 3 aromatic carbocycles.